The maximum absolute atomic E-state index is 14.7. The molecule has 206 valence electrons. The molecule has 2 aromatic carbocycles. The number of hydrogen-bond donors (Lipinski definition) is 3. The molecule has 0 spiro atoms. The molecule has 0 saturated heterocycles. The van der Waals surface area contributed by atoms with Crippen LogP contribution in [0, 0.1) is 29.4 Å². The summed E-state index contributed by atoms with van der Waals surface area (Å²) in [5.74, 6) is 3.52. The van der Waals surface area contributed by atoms with Gasteiger partial charge < -0.3 is 10.2 Å². The van der Waals surface area contributed by atoms with Crippen LogP contribution >= 0.6 is 11.3 Å². The summed E-state index contributed by atoms with van der Waals surface area (Å²) in [6.45, 7) is -0.146. The molecule has 1 atom stereocenters. The van der Waals surface area contributed by atoms with Crippen molar-refractivity contribution in [2.24, 2.45) is 11.1 Å². The van der Waals surface area contributed by atoms with Crippen molar-refractivity contribution in [2.75, 3.05) is 6.61 Å². The lowest BCUT2D eigenvalue weighted by Crippen LogP contribution is -2.07. The van der Waals surface area contributed by atoms with Gasteiger partial charge in [0.25, 0.3) is 0 Å². The minimum atomic E-state index is -1.97. The normalized spacial score (nSPS) is 13.6. The van der Waals surface area contributed by atoms with Gasteiger partial charge in [0.2, 0.25) is 5.13 Å². The molecule has 40 heavy (non-hydrogen) atoms. The van der Waals surface area contributed by atoms with Gasteiger partial charge in [-0.2, -0.15) is 5.10 Å². The molecule has 12 heteroatoms. The summed E-state index contributed by atoms with van der Waals surface area (Å²) in [6.07, 6.45) is 3.14. The Balaban J connectivity index is 1.68. The van der Waals surface area contributed by atoms with Crippen LogP contribution < -0.4 is 5.14 Å². The van der Waals surface area contributed by atoms with Gasteiger partial charge in [-0.15, -0.1) is 11.3 Å². The van der Waals surface area contributed by atoms with Gasteiger partial charge in [0, 0.05) is 29.3 Å². The van der Waals surface area contributed by atoms with Crippen molar-refractivity contribution < 1.29 is 28.0 Å². The van der Waals surface area contributed by atoms with Gasteiger partial charge in [-0.25, -0.2) is 32.6 Å². The van der Waals surface area contributed by atoms with E-state index >= 15 is 0 Å². The van der Waals surface area contributed by atoms with Crippen LogP contribution in [0.15, 0.2) is 46.7 Å². The van der Waals surface area contributed by atoms with E-state index in [1.165, 1.54) is 23.6 Å². The Labute approximate surface area is 235 Å². The highest BCUT2D eigenvalue weighted by Gasteiger charge is 2.29. The fraction of sp³-hybridized carbons (Fsp3) is 0.250. The predicted molar refractivity (Wildman–Crippen MR) is 146 cm³/mol. The third-order valence-electron chi connectivity index (χ3n) is 6.45. The zero-order valence-corrected chi connectivity index (χ0v) is 22.7. The Morgan fingerprint density at radius 1 is 1.20 bits per heavy atom. The fourth-order valence-corrected chi connectivity index (χ4v) is 5.56. The zero-order valence-electron chi connectivity index (χ0n) is 21.1. The van der Waals surface area contributed by atoms with Crippen molar-refractivity contribution in [3.8, 4) is 28.2 Å². The van der Waals surface area contributed by atoms with Gasteiger partial charge in [0.05, 0.1) is 28.5 Å². The van der Waals surface area contributed by atoms with Gasteiger partial charge in [-0.3, -0.25) is 0 Å². The minimum absolute atomic E-state index is 0.105. The lowest BCUT2D eigenvalue weighted by Gasteiger charge is -2.10. The summed E-state index contributed by atoms with van der Waals surface area (Å²) in [4.78, 5) is 15.7. The van der Waals surface area contributed by atoms with Crippen molar-refractivity contribution in [1.82, 2.24) is 14.8 Å². The number of carbonyl (C=O) groups is 1. The van der Waals surface area contributed by atoms with E-state index in [1.54, 1.807) is 22.9 Å². The van der Waals surface area contributed by atoms with Gasteiger partial charge in [-0.1, -0.05) is 17.9 Å². The first-order valence-electron chi connectivity index (χ1n) is 12.4. The predicted octanol–water partition coefficient (Wildman–Crippen LogP) is 4.23. The summed E-state index contributed by atoms with van der Waals surface area (Å²) in [7, 11) is -1.97. The molecule has 1 saturated carbocycles. The molecule has 2 aromatic heterocycles. The number of halogens is 2. The number of nitrogens with two attached hydrogens (primary N) is 1. The molecule has 2 heterocycles. The molecular formula is C28H24F2N4O4S2. The van der Waals surface area contributed by atoms with E-state index < -0.39 is 28.6 Å². The summed E-state index contributed by atoms with van der Waals surface area (Å²) in [6, 6.07) is 8.76. The smallest absolute Gasteiger partial charge is 0.355 e. The van der Waals surface area contributed by atoms with E-state index in [4.69, 9.17) is 15.3 Å². The topological polar surface area (TPSA) is 131 Å². The molecule has 1 fully saturated rings. The van der Waals surface area contributed by atoms with Crippen molar-refractivity contribution >= 4 is 28.3 Å². The molecule has 0 radical (unpaired) electrons. The van der Waals surface area contributed by atoms with Gasteiger partial charge >= 0.3 is 5.97 Å². The number of hydrogen-bond acceptors (Lipinski definition) is 6. The Kier molecular flexibility index (Phi) is 8.18. The molecule has 0 bridgehead atoms. The van der Waals surface area contributed by atoms with Gasteiger partial charge in [0.15, 0.2) is 5.69 Å². The second kappa shape index (κ2) is 11.8. The SMILES string of the molecule is NS(=O)c1ccc(Cc2c(-c3ccc(F)c(C#CCCO)c3)nn(-c3nc(C(=O)O)cs3)c2CC2CC2)cc1F. The lowest BCUT2D eigenvalue weighted by atomic mass is 9.96. The fourth-order valence-electron chi connectivity index (χ4n) is 4.33. The van der Waals surface area contributed by atoms with Crippen molar-refractivity contribution in [2.45, 2.75) is 37.0 Å². The molecule has 1 aliphatic rings. The molecule has 1 aliphatic carbocycles. The molecule has 8 nitrogen and oxygen atoms in total. The van der Waals surface area contributed by atoms with Gasteiger partial charge in [0.1, 0.15) is 22.6 Å². The molecule has 4 N–H and O–H groups in total. The summed E-state index contributed by atoms with van der Waals surface area (Å²) in [5.41, 5.74) is 3.23. The number of benzene rings is 2. The average molecular weight is 583 g/mol. The number of aromatic carboxylic acids is 1. The van der Waals surface area contributed by atoms with Crippen molar-refractivity contribution in [3.05, 3.63) is 81.5 Å². The first kappa shape index (κ1) is 27.8. The van der Waals surface area contributed by atoms with Crippen LogP contribution in [0.2, 0.25) is 0 Å². The molecule has 4 aromatic rings. The van der Waals surface area contributed by atoms with E-state index in [-0.39, 0.29) is 35.6 Å². The largest absolute Gasteiger partial charge is 0.476 e. The number of aliphatic hydroxyl groups is 1. The molecule has 0 aliphatic heterocycles. The second-order valence-electron chi connectivity index (χ2n) is 9.36. The van der Waals surface area contributed by atoms with Gasteiger partial charge in [-0.05, 0) is 61.1 Å². The molecule has 5 rings (SSSR count). The zero-order chi connectivity index (χ0) is 28.4. The Morgan fingerprint density at radius 2 is 2.00 bits per heavy atom. The second-order valence-corrected chi connectivity index (χ2v) is 11.2. The summed E-state index contributed by atoms with van der Waals surface area (Å²) >= 11 is 1.14. The van der Waals surface area contributed by atoms with Crippen LogP contribution in [0.25, 0.3) is 16.4 Å². The Bertz CT molecular complexity index is 1690. The quantitative estimate of drug-likeness (QED) is 0.253. The van der Waals surface area contributed by atoms with Crippen molar-refractivity contribution in [3.63, 3.8) is 0 Å². The molecule has 1 unspecified atom stereocenters. The third kappa shape index (κ3) is 6.03. The Morgan fingerprint density at radius 3 is 2.65 bits per heavy atom. The van der Waals surface area contributed by atoms with Crippen LogP contribution in [0.3, 0.4) is 0 Å². The van der Waals surface area contributed by atoms with Crippen LogP contribution in [-0.2, 0) is 23.8 Å². The number of aromatic nitrogens is 3. The standard InChI is InChI=1S/C28H24F2N4O4S2/c29-21-8-7-19(14-18(21)3-1-2-10-35)26-20(11-17-6-9-25(40(31)38)22(30)12-17)24(13-16-4-5-16)34(33-26)28-32-23(15-39-28)27(36)37/h6-9,12,14-16,35H,2,4-5,10-11,13,31H2,(H,36,37). The average Bonchev–Trinajstić information content (AvgIpc) is 3.47. The number of nitrogens with zero attached hydrogens (tertiary/aromatic N) is 3. The third-order valence-corrected chi connectivity index (χ3v) is 8.04. The van der Waals surface area contributed by atoms with E-state index in [9.17, 15) is 22.9 Å². The highest BCUT2D eigenvalue weighted by molar-refractivity contribution is 7.82. The van der Waals surface area contributed by atoms with E-state index in [0.29, 0.717) is 34.3 Å². The van der Waals surface area contributed by atoms with Crippen molar-refractivity contribution in [1.29, 1.82) is 0 Å². The molecule has 0 amide bonds. The van der Waals surface area contributed by atoms with E-state index in [0.717, 1.165) is 35.4 Å². The number of carboxylic acids is 1. The number of rotatable bonds is 9. The van der Waals surface area contributed by atoms with Crippen LogP contribution in [-0.4, -0.2) is 41.8 Å². The van der Waals surface area contributed by atoms with Crippen LogP contribution in [0.4, 0.5) is 8.78 Å². The van der Waals surface area contributed by atoms with E-state index in [2.05, 4.69) is 16.8 Å². The Hall–Kier alpha value is -3.76. The maximum Gasteiger partial charge on any atom is 0.355 e. The summed E-state index contributed by atoms with van der Waals surface area (Å²) < 4.78 is 42.6. The monoisotopic (exact) mass is 582 g/mol. The highest BCUT2D eigenvalue weighted by atomic mass is 32.2. The summed E-state index contributed by atoms with van der Waals surface area (Å²) in [5, 5.41) is 30.5. The lowest BCUT2D eigenvalue weighted by molar-refractivity contribution is 0.0691. The van der Waals surface area contributed by atoms with Crippen LogP contribution in [0.5, 0.6) is 0 Å². The number of carboxylic acid groups (broad SMARTS) is 1. The van der Waals surface area contributed by atoms with Crippen LogP contribution in [0.1, 0.15) is 52.1 Å². The number of aliphatic hydroxyl groups excluding tert-OH is 1. The maximum atomic E-state index is 14.7. The first-order valence-corrected chi connectivity index (χ1v) is 14.5. The highest BCUT2D eigenvalue weighted by Crippen LogP contribution is 2.38. The van der Waals surface area contributed by atoms with E-state index in [1.807, 2.05) is 0 Å². The number of thiazole rings is 1. The molecular weight excluding hydrogens is 558 g/mol. The first-order chi connectivity index (χ1) is 19.2. The minimum Gasteiger partial charge on any atom is -0.476 e.